The molecule has 0 aromatic heterocycles. The first kappa shape index (κ1) is 15.9. The summed E-state index contributed by atoms with van der Waals surface area (Å²) >= 11 is 1.06. The summed E-state index contributed by atoms with van der Waals surface area (Å²) in [5, 5.41) is 5.15. The van der Waals surface area contributed by atoms with Crippen molar-refractivity contribution in [2.45, 2.75) is 0 Å². The van der Waals surface area contributed by atoms with Crippen molar-refractivity contribution >= 4 is 34.5 Å². The van der Waals surface area contributed by atoms with Crippen molar-refractivity contribution in [2.75, 3.05) is 23.0 Å². The van der Waals surface area contributed by atoms with Crippen LogP contribution in [0.4, 0.5) is 21.0 Å². The van der Waals surface area contributed by atoms with Crippen LogP contribution in [0.25, 0.3) is 0 Å². The summed E-state index contributed by atoms with van der Waals surface area (Å²) in [6.07, 6.45) is -0.532. The minimum atomic E-state index is -0.532. The topological polar surface area (TPSA) is 67.4 Å². The van der Waals surface area contributed by atoms with E-state index in [-0.39, 0.29) is 11.8 Å². The zero-order valence-corrected chi connectivity index (χ0v) is 12.6. The van der Waals surface area contributed by atoms with E-state index in [1.54, 1.807) is 12.1 Å². The fraction of sp³-hybridized carbons (Fsp3) is 0.125. The van der Waals surface area contributed by atoms with Gasteiger partial charge >= 0.3 is 6.09 Å². The largest absolute Gasteiger partial charge is 0.448 e. The number of rotatable bonds is 5. The van der Waals surface area contributed by atoms with Crippen molar-refractivity contribution in [3.8, 4) is 0 Å². The van der Waals surface area contributed by atoms with Crippen LogP contribution in [0.15, 0.2) is 60.7 Å². The summed E-state index contributed by atoms with van der Waals surface area (Å²) in [5.74, 6) is 0.390. The number of anilines is 2. The number of carbonyl (C=O) groups is 2. The molecule has 22 heavy (non-hydrogen) atoms. The molecular weight excluding hydrogens is 300 g/mol. The van der Waals surface area contributed by atoms with E-state index >= 15 is 0 Å². The molecular formula is C16H16N2O3S. The fourth-order valence-electron chi connectivity index (χ4n) is 1.62. The van der Waals surface area contributed by atoms with Gasteiger partial charge in [-0.3, -0.25) is 10.1 Å². The van der Waals surface area contributed by atoms with Gasteiger partial charge in [0, 0.05) is 17.1 Å². The van der Waals surface area contributed by atoms with Gasteiger partial charge < -0.3 is 10.1 Å². The van der Waals surface area contributed by atoms with Gasteiger partial charge in [-0.25, -0.2) is 4.79 Å². The van der Waals surface area contributed by atoms with Gasteiger partial charge in [0.15, 0.2) is 0 Å². The van der Waals surface area contributed by atoms with Gasteiger partial charge in [0.05, 0.1) is 0 Å². The van der Waals surface area contributed by atoms with E-state index in [1.807, 2.05) is 48.5 Å². The lowest BCUT2D eigenvalue weighted by atomic mass is 10.3. The highest BCUT2D eigenvalue weighted by molar-refractivity contribution is 8.13. The lowest BCUT2D eigenvalue weighted by Crippen LogP contribution is -2.16. The number of carbonyl (C=O) groups excluding carboxylic acids is 2. The molecule has 0 radical (unpaired) electrons. The van der Waals surface area contributed by atoms with Crippen molar-refractivity contribution in [3.63, 3.8) is 0 Å². The first-order valence-electron chi connectivity index (χ1n) is 6.72. The van der Waals surface area contributed by atoms with Crippen molar-refractivity contribution in [1.82, 2.24) is 0 Å². The second-order valence-corrected chi connectivity index (χ2v) is 5.32. The smallest absolute Gasteiger partial charge is 0.411 e. The van der Waals surface area contributed by atoms with E-state index < -0.39 is 6.09 Å². The molecule has 0 aliphatic rings. The Morgan fingerprint density at radius 3 is 2.00 bits per heavy atom. The van der Waals surface area contributed by atoms with Gasteiger partial charge in [-0.05, 0) is 24.3 Å². The Balaban J connectivity index is 1.60. The number of amides is 2. The van der Waals surface area contributed by atoms with Gasteiger partial charge in [-0.1, -0.05) is 48.2 Å². The molecule has 0 atom stereocenters. The van der Waals surface area contributed by atoms with Crippen LogP contribution in [-0.2, 0) is 4.74 Å². The summed E-state index contributed by atoms with van der Waals surface area (Å²) in [6.45, 7) is 0.158. The monoisotopic (exact) mass is 316 g/mol. The molecule has 2 N–H and O–H groups in total. The van der Waals surface area contributed by atoms with E-state index in [1.165, 1.54) is 0 Å². The van der Waals surface area contributed by atoms with Crippen LogP contribution in [0.1, 0.15) is 0 Å². The maximum Gasteiger partial charge on any atom is 0.411 e. The van der Waals surface area contributed by atoms with E-state index in [0.717, 1.165) is 17.4 Å². The molecule has 0 spiro atoms. The Morgan fingerprint density at radius 1 is 0.864 bits per heavy atom. The van der Waals surface area contributed by atoms with Crippen molar-refractivity contribution in [2.24, 2.45) is 0 Å². The molecule has 2 amide bonds. The molecule has 6 heteroatoms. The molecule has 0 heterocycles. The average Bonchev–Trinajstić information content (AvgIpc) is 2.53. The van der Waals surface area contributed by atoms with E-state index in [0.29, 0.717) is 11.4 Å². The predicted octanol–water partition coefficient (Wildman–Crippen LogP) is 4.20. The Bertz CT molecular complexity index is 550. The van der Waals surface area contributed by atoms with Gasteiger partial charge in [0.2, 0.25) is 0 Å². The van der Waals surface area contributed by atoms with Crippen LogP contribution in [-0.4, -0.2) is 23.7 Å². The molecule has 0 aliphatic carbocycles. The number of hydrogen-bond acceptors (Lipinski definition) is 4. The van der Waals surface area contributed by atoms with Gasteiger partial charge in [-0.15, -0.1) is 0 Å². The van der Waals surface area contributed by atoms with Crippen LogP contribution in [0.2, 0.25) is 0 Å². The molecule has 0 aliphatic heterocycles. The third kappa shape index (κ3) is 5.88. The van der Waals surface area contributed by atoms with E-state index in [4.69, 9.17) is 4.74 Å². The number of para-hydroxylation sites is 2. The summed E-state index contributed by atoms with van der Waals surface area (Å²) in [7, 11) is 0. The Hall–Kier alpha value is -2.47. The lowest BCUT2D eigenvalue weighted by Gasteiger charge is -2.07. The number of thioether (sulfide) groups is 1. The van der Waals surface area contributed by atoms with Crippen LogP contribution in [0.3, 0.4) is 0 Å². The van der Waals surface area contributed by atoms with Gasteiger partial charge in [-0.2, -0.15) is 0 Å². The molecule has 0 saturated heterocycles. The van der Waals surface area contributed by atoms with Crippen LogP contribution in [0, 0.1) is 0 Å². The Labute approximate surface area is 133 Å². The second kappa shape index (κ2) is 8.74. The molecule has 2 rings (SSSR count). The maximum absolute atomic E-state index is 11.6. The summed E-state index contributed by atoms with van der Waals surface area (Å²) in [6, 6.07) is 18.2. The third-order valence-electron chi connectivity index (χ3n) is 2.59. The van der Waals surface area contributed by atoms with Crippen molar-refractivity contribution in [1.29, 1.82) is 0 Å². The van der Waals surface area contributed by atoms with Crippen LogP contribution >= 0.6 is 11.8 Å². The van der Waals surface area contributed by atoms with Crippen molar-refractivity contribution < 1.29 is 14.3 Å². The minimum Gasteiger partial charge on any atom is -0.448 e. The molecule has 0 unspecified atom stereocenters. The second-order valence-electron chi connectivity index (χ2n) is 4.25. The lowest BCUT2D eigenvalue weighted by molar-refractivity contribution is 0.169. The highest BCUT2D eigenvalue weighted by Gasteiger charge is 2.05. The normalized spacial score (nSPS) is 9.82. The predicted molar refractivity (Wildman–Crippen MR) is 89.3 cm³/mol. The standard InChI is InChI=1S/C16H16N2O3S/c19-15(17-13-7-3-1-4-8-13)21-11-12-22-16(20)18-14-9-5-2-6-10-14/h1-10H,11-12H2,(H,17,19)(H,18,20). The summed E-state index contributed by atoms with van der Waals surface area (Å²) in [5.41, 5.74) is 1.41. The molecule has 2 aromatic rings. The molecule has 0 bridgehead atoms. The fourth-order valence-corrected chi connectivity index (χ4v) is 2.16. The SMILES string of the molecule is O=C(Nc1ccccc1)OCCSC(=O)Nc1ccccc1. The first-order valence-corrected chi connectivity index (χ1v) is 7.70. The average molecular weight is 316 g/mol. The van der Waals surface area contributed by atoms with Gasteiger partial charge in [0.1, 0.15) is 6.61 Å². The molecule has 0 saturated carbocycles. The summed E-state index contributed by atoms with van der Waals surface area (Å²) in [4.78, 5) is 23.1. The van der Waals surface area contributed by atoms with E-state index in [2.05, 4.69) is 10.6 Å². The zero-order chi connectivity index (χ0) is 15.6. The molecule has 0 fully saturated rings. The zero-order valence-electron chi connectivity index (χ0n) is 11.8. The number of benzene rings is 2. The highest BCUT2D eigenvalue weighted by atomic mass is 32.2. The maximum atomic E-state index is 11.6. The van der Waals surface area contributed by atoms with Crippen LogP contribution < -0.4 is 10.6 Å². The van der Waals surface area contributed by atoms with Crippen molar-refractivity contribution in [3.05, 3.63) is 60.7 Å². The van der Waals surface area contributed by atoms with E-state index in [9.17, 15) is 9.59 Å². The van der Waals surface area contributed by atoms with Gasteiger partial charge in [0.25, 0.3) is 5.24 Å². The molecule has 2 aromatic carbocycles. The quantitative estimate of drug-likeness (QED) is 0.811. The van der Waals surface area contributed by atoms with Crippen LogP contribution in [0.5, 0.6) is 0 Å². The third-order valence-corrected chi connectivity index (χ3v) is 3.33. The minimum absolute atomic E-state index is 0.158. The molecule has 114 valence electrons. The molecule has 5 nitrogen and oxygen atoms in total. The highest BCUT2D eigenvalue weighted by Crippen LogP contribution is 2.11. The number of ether oxygens (including phenoxy) is 1. The Morgan fingerprint density at radius 2 is 1.41 bits per heavy atom. The number of nitrogens with one attached hydrogen (secondary N) is 2. The first-order chi connectivity index (χ1) is 10.7. The summed E-state index contributed by atoms with van der Waals surface area (Å²) < 4.78 is 5.00. The number of hydrogen-bond donors (Lipinski definition) is 2. The Kier molecular flexibility index (Phi) is 6.32.